The van der Waals surface area contributed by atoms with Crippen molar-refractivity contribution in [1.29, 1.82) is 0 Å². The zero-order valence-corrected chi connectivity index (χ0v) is 12.1. The van der Waals surface area contributed by atoms with E-state index in [0.717, 1.165) is 25.5 Å². The standard InChI is InChI=1S/C17H21NO3/c19-12-15-8-4-5-9-16(15)21-13-17(20)18-11-10-14-6-2-1-3-7-14/h4-6,8-9,12H,1-3,7,10-11,13H2,(H,18,20). The van der Waals surface area contributed by atoms with Crippen LogP contribution < -0.4 is 10.1 Å². The van der Waals surface area contributed by atoms with Crippen LogP contribution in [0.15, 0.2) is 35.9 Å². The van der Waals surface area contributed by atoms with Crippen LogP contribution in [0.2, 0.25) is 0 Å². The van der Waals surface area contributed by atoms with Crippen LogP contribution in [0.4, 0.5) is 0 Å². The minimum atomic E-state index is -0.160. The molecule has 0 fully saturated rings. The summed E-state index contributed by atoms with van der Waals surface area (Å²) < 4.78 is 5.37. The highest BCUT2D eigenvalue weighted by Gasteiger charge is 2.07. The maximum absolute atomic E-state index is 11.7. The van der Waals surface area contributed by atoms with Crippen molar-refractivity contribution in [2.75, 3.05) is 13.2 Å². The molecule has 0 heterocycles. The second kappa shape index (κ2) is 8.25. The van der Waals surface area contributed by atoms with Crippen LogP contribution in [0, 0.1) is 0 Å². The molecule has 0 saturated heterocycles. The van der Waals surface area contributed by atoms with Gasteiger partial charge < -0.3 is 10.1 Å². The van der Waals surface area contributed by atoms with Gasteiger partial charge in [0.15, 0.2) is 12.9 Å². The van der Waals surface area contributed by atoms with E-state index in [-0.39, 0.29) is 12.5 Å². The Labute approximate surface area is 125 Å². The molecule has 1 aromatic carbocycles. The normalized spacial score (nSPS) is 14.2. The van der Waals surface area contributed by atoms with Gasteiger partial charge >= 0.3 is 0 Å². The van der Waals surface area contributed by atoms with Gasteiger partial charge in [-0.15, -0.1) is 0 Å². The van der Waals surface area contributed by atoms with E-state index in [9.17, 15) is 9.59 Å². The summed E-state index contributed by atoms with van der Waals surface area (Å²) in [5.41, 5.74) is 1.89. The maximum Gasteiger partial charge on any atom is 0.257 e. The van der Waals surface area contributed by atoms with Gasteiger partial charge in [-0.05, 0) is 44.2 Å². The lowest BCUT2D eigenvalue weighted by atomic mass is 9.97. The van der Waals surface area contributed by atoms with Crippen LogP contribution >= 0.6 is 0 Å². The van der Waals surface area contributed by atoms with Gasteiger partial charge in [0.2, 0.25) is 0 Å². The van der Waals surface area contributed by atoms with Crippen molar-refractivity contribution in [3.8, 4) is 5.75 Å². The SMILES string of the molecule is O=Cc1ccccc1OCC(=O)NCCC1=CCCCC1. The summed E-state index contributed by atoms with van der Waals surface area (Å²) in [6, 6.07) is 6.88. The molecule has 1 aliphatic rings. The molecule has 0 aromatic heterocycles. The Hall–Kier alpha value is -2.10. The van der Waals surface area contributed by atoms with E-state index in [0.29, 0.717) is 17.9 Å². The van der Waals surface area contributed by atoms with Gasteiger partial charge in [-0.2, -0.15) is 0 Å². The number of nitrogens with one attached hydrogen (secondary N) is 1. The number of ether oxygens (including phenoxy) is 1. The Bertz CT molecular complexity index is 523. The third-order valence-electron chi connectivity index (χ3n) is 3.56. The third kappa shape index (κ3) is 5.06. The minimum absolute atomic E-state index is 0.0656. The first-order chi connectivity index (χ1) is 10.3. The molecule has 2 rings (SSSR count). The molecule has 0 atom stereocenters. The minimum Gasteiger partial charge on any atom is -0.483 e. The summed E-state index contributed by atoms with van der Waals surface area (Å²) in [4.78, 5) is 22.5. The number of benzene rings is 1. The van der Waals surface area contributed by atoms with Crippen LogP contribution in [-0.4, -0.2) is 25.3 Å². The summed E-state index contributed by atoms with van der Waals surface area (Å²) in [6.45, 7) is 0.577. The van der Waals surface area contributed by atoms with Crippen molar-refractivity contribution in [2.45, 2.75) is 32.1 Å². The van der Waals surface area contributed by atoms with Crippen molar-refractivity contribution in [3.05, 3.63) is 41.5 Å². The van der Waals surface area contributed by atoms with E-state index in [4.69, 9.17) is 4.74 Å². The highest BCUT2D eigenvalue weighted by molar-refractivity contribution is 5.80. The number of rotatable bonds is 7. The molecule has 4 heteroatoms. The Morgan fingerprint density at radius 1 is 1.29 bits per heavy atom. The predicted octanol–water partition coefficient (Wildman–Crippen LogP) is 2.88. The van der Waals surface area contributed by atoms with Crippen LogP contribution in [0.5, 0.6) is 5.75 Å². The zero-order valence-electron chi connectivity index (χ0n) is 12.1. The number of hydrogen-bond acceptors (Lipinski definition) is 3. The molecule has 0 bridgehead atoms. The number of carbonyl (C=O) groups is 2. The highest BCUT2D eigenvalue weighted by atomic mass is 16.5. The molecule has 0 aliphatic heterocycles. The first-order valence-corrected chi connectivity index (χ1v) is 7.41. The molecule has 0 unspecified atom stereocenters. The maximum atomic E-state index is 11.7. The largest absolute Gasteiger partial charge is 0.483 e. The van der Waals surface area contributed by atoms with Crippen molar-refractivity contribution in [2.24, 2.45) is 0 Å². The monoisotopic (exact) mass is 287 g/mol. The molecule has 1 aliphatic carbocycles. The van der Waals surface area contributed by atoms with Crippen LogP contribution in [-0.2, 0) is 4.79 Å². The smallest absolute Gasteiger partial charge is 0.257 e. The van der Waals surface area contributed by atoms with Gasteiger partial charge in [0.1, 0.15) is 5.75 Å². The molecule has 1 N–H and O–H groups in total. The van der Waals surface area contributed by atoms with E-state index < -0.39 is 0 Å². The summed E-state index contributed by atoms with van der Waals surface area (Å²) in [5.74, 6) is 0.282. The Kier molecular flexibility index (Phi) is 6.00. The summed E-state index contributed by atoms with van der Waals surface area (Å²) in [5, 5.41) is 2.84. The van der Waals surface area contributed by atoms with E-state index in [1.165, 1.54) is 18.4 Å². The molecule has 0 spiro atoms. The number of carbonyl (C=O) groups excluding carboxylic acids is 2. The van der Waals surface area contributed by atoms with Crippen LogP contribution in [0.1, 0.15) is 42.5 Å². The quantitative estimate of drug-likeness (QED) is 0.619. The topological polar surface area (TPSA) is 55.4 Å². The summed E-state index contributed by atoms with van der Waals surface area (Å²) in [7, 11) is 0. The molecule has 0 saturated carbocycles. The number of aldehydes is 1. The van der Waals surface area contributed by atoms with Gasteiger partial charge in [0.05, 0.1) is 5.56 Å². The summed E-state index contributed by atoms with van der Waals surface area (Å²) in [6.07, 6.45) is 8.77. The van der Waals surface area contributed by atoms with Crippen molar-refractivity contribution >= 4 is 12.2 Å². The van der Waals surface area contributed by atoms with Crippen molar-refractivity contribution in [1.82, 2.24) is 5.32 Å². The third-order valence-corrected chi connectivity index (χ3v) is 3.56. The van der Waals surface area contributed by atoms with Crippen molar-refractivity contribution < 1.29 is 14.3 Å². The highest BCUT2D eigenvalue weighted by Crippen LogP contribution is 2.19. The van der Waals surface area contributed by atoms with Gasteiger partial charge in [0, 0.05) is 6.54 Å². The van der Waals surface area contributed by atoms with Crippen LogP contribution in [0.25, 0.3) is 0 Å². The fraction of sp³-hybridized carbons (Fsp3) is 0.412. The van der Waals surface area contributed by atoms with E-state index in [1.807, 2.05) is 0 Å². The molecule has 1 amide bonds. The first kappa shape index (κ1) is 15.3. The Morgan fingerprint density at radius 2 is 2.14 bits per heavy atom. The first-order valence-electron chi connectivity index (χ1n) is 7.41. The Morgan fingerprint density at radius 3 is 2.90 bits per heavy atom. The number of amides is 1. The molecule has 0 radical (unpaired) electrons. The van der Waals surface area contributed by atoms with Crippen molar-refractivity contribution in [3.63, 3.8) is 0 Å². The molecule has 4 nitrogen and oxygen atoms in total. The number of para-hydroxylation sites is 1. The zero-order chi connectivity index (χ0) is 14.9. The second-order valence-corrected chi connectivity index (χ2v) is 5.15. The molecule has 1 aromatic rings. The van der Waals surface area contributed by atoms with E-state index in [2.05, 4.69) is 11.4 Å². The molecule has 112 valence electrons. The van der Waals surface area contributed by atoms with Gasteiger partial charge in [-0.3, -0.25) is 9.59 Å². The lowest BCUT2D eigenvalue weighted by Gasteiger charge is -2.13. The summed E-state index contributed by atoms with van der Waals surface area (Å²) >= 11 is 0. The Balaban J connectivity index is 1.70. The molecular formula is C17H21NO3. The average Bonchev–Trinajstić information content (AvgIpc) is 2.54. The van der Waals surface area contributed by atoms with E-state index in [1.54, 1.807) is 24.3 Å². The van der Waals surface area contributed by atoms with Gasteiger partial charge in [0.25, 0.3) is 5.91 Å². The predicted molar refractivity (Wildman–Crippen MR) is 81.5 cm³/mol. The van der Waals surface area contributed by atoms with Gasteiger partial charge in [-0.25, -0.2) is 0 Å². The molecular weight excluding hydrogens is 266 g/mol. The van der Waals surface area contributed by atoms with Crippen LogP contribution in [0.3, 0.4) is 0 Å². The lowest BCUT2D eigenvalue weighted by molar-refractivity contribution is -0.123. The fourth-order valence-electron chi connectivity index (χ4n) is 2.40. The fourth-order valence-corrected chi connectivity index (χ4v) is 2.40. The van der Waals surface area contributed by atoms with Gasteiger partial charge in [-0.1, -0.05) is 23.8 Å². The number of hydrogen-bond donors (Lipinski definition) is 1. The number of allylic oxidation sites excluding steroid dienone is 1. The lowest BCUT2D eigenvalue weighted by Crippen LogP contribution is -2.30. The second-order valence-electron chi connectivity index (χ2n) is 5.15. The molecule has 21 heavy (non-hydrogen) atoms. The average molecular weight is 287 g/mol. The van der Waals surface area contributed by atoms with E-state index >= 15 is 0 Å².